The predicted octanol–water partition coefficient (Wildman–Crippen LogP) is 3.63. The van der Waals surface area contributed by atoms with Gasteiger partial charge >= 0.3 is 0 Å². The summed E-state index contributed by atoms with van der Waals surface area (Å²) < 4.78 is 35.0. The van der Waals surface area contributed by atoms with Gasteiger partial charge in [-0.1, -0.05) is 24.3 Å². The zero-order valence-corrected chi connectivity index (χ0v) is 20.4. The van der Waals surface area contributed by atoms with Crippen LogP contribution in [0.3, 0.4) is 0 Å². The van der Waals surface area contributed by atoms with Gasteiger partial charge in [-0.2, -0.15) is 0 Å². The van der Waals surface area contributed by atoms with Crippen molar-refractivity contribution < 1.29 is 17.9 Å². The van der Waals surface area contributed by atoms with Gasteiger partial charge in [0.1, 0.15) is 10.6 Å². The number of benzene rings is 3. The van der Waals surface area contributed by atoms with E-state index in [2.05, 4.69) is 10.0 Å². The molecular formula is C25H30N4O4S. The van der Waals surface area contributed by atoms with Gasteiger partial charge in [0.2, 0.25) is 0 Å². The Balaban J connectivity index is 2.00. The molecule has 3 aromatic rings. The minimum atomic E-state index is -3.98. The SMILES string of the molecule is CCOc1ccc(-c2cccc(C(=O)N(C)C)c2)cc1S(=O)(=O)Nc1cccc(NCCN)c1. The molecule has 9 heteroatoms. The Morgan fingerprint density at radius 1 is 0.971 bits per heavy atom. The zero-order valence-electron chi connectivity index (χ0n) is 19.5. The molecule has 0 heterocycles. The first kappa shape index (κ1) is 25.1. The molecule has 180 valence electrons. The summed E-state index contributed by atoms with van der Waals surface area (Å²) in [5.74, 6) is 0.113. The van der Waals surface area contributed by atoms with Crippen LogP contribution < -0.4 is 20.5 Å². The number of hydrogen-bond acceptors (Lipinski definition) is 6. The van der Waals surface area contributed by atoms with E-state index in [-0.39, 0.29) is 16.6 Å². The standard InChI is InChI=1S/C25H30N4O4S/c1-4-33-23-12-11-19(18-7-5-8-20(15-18)25(30)29(2)3)16-24(23)34(31,32)28-22-10-6-9-21(17-22)27-14-13-26/h5-12,15-17,27-28H,4,13-14,26H2,1-3H3. The summed E-state index contributed by atoms with van der Waals surface area (Å²) in [7, 11) is -0.610. The van der Waals surface area contributed by atoms with Gasteiger partial charge < -0.3 is 20.7 Å². The quantitative estimate of drug-likeness (QED) is 0.407. The predicted molar refractivity (Wildman–Crippen MR) is 136 cm³/mol. The van der Waals surface area contributed by atoms with E-state index in [1.165, 1.54) is 4.90 Å². The Hall–Kier alpha value is -3.56. The smallest absolute Gasteiger partial charge is 0.265 e. The summed E-state index contributed by atoms with van der Waals surface area (Å²) in [4.78, 5) is 13.9. The second-order valence-corrected chi connectivity index (χ2v) is 9.43. The highest BCUT2D eigenvalue weighted by Gasteiger charge is 2.22. The van der Waals surface area contributed by atoms with E-state index in [4.69, 9.17) is 10.5 Å². The monoisotopic (exact) mass is 482 g/mol. The van der Waals surface area contributed by atoms with Gasteiger partial charge in [0.15, 0.2) is 0 Å². The van der Waals surface area contributed by atoms with Crippen molar-refractivity contribution in [2.45, 2.75) is 11.8 Å². The molecule has 0 unspecified atom stereocenters. The Labute approximate surface area is 200 Å². The van der Waals surface area contributed by atoms with Crippen LogP contribution in [0.1, 0.15) is 17.3 Å². The van der Waals surface area contributed by atoms with Crippen LogP contribution in [-0.2, 0) is 10.0 Å². The molecule has 0 atom stereocenters. The lowest BCUT2D eigenvalue weighted by Crippen LogP contribution is -2.21. The molecule has 0 aliphatic heterocycles. The average molecular weight is 483 g/mol. The van der Waals surface area contributed by atoms with Crippen LogP contribution in [0.4, 0.5) is 11.4 Å². The van der Waals surface area contributed by atoms with Crippen LogP contribution in [0, 0.1) is 0 Å². The number of anilines is 2. The Bertz CT molecular complexity index is 1260. The van der Waals surface area contributed by atoms with Gasteiger partial charge in [-0.15, -0.1) is 0 Å². The summed E-state index contributed by atoms with van der Waals surface area (Å²) in [5, 5.41) is 3.13. The van der Waals surface area contributed by atoms with E-state index in [1.54, 1.807) is 75.6 Å². The first-order valence-electron chi connectivity index (χ1n) is 10.9. The molecule has 0 saturated heterocycles. The number of sulfonamides is 1. The van der Waals surface area contributed by atoms with Crippen molar-refractivity contribution in [3.05, 3.63) is 72.3 Å². The zero-order chi connectivity index (χ0) is 24.7. The van der Waals surface area contributed by atoms with Crippen molar-refractivity contribution in [3.8, 4) is 16.9 Å². The van der Waals surface area contributed by atoms with Gasteiger partial charge in [-0.3, -0.25) is 9.52 Å². The van der Waals surface area contributed by atoms with E-state index >= 15 is 0 Å². The first-order valence-corrected chi connectivity index (χ1v) is 12.4. The molecule has 34 heavy (non-hydrogen) atoms. The lowest BCUT2D eigenvalue weighted by molar-refractivity contribution is 0.0827. The normalized spacial score (nSPS) is 11.1. The van der Waals surface area contributed by atoms with Crippen molar-refractivity contribution in [1.29, 1.82) is 0 Å². The molecule has 0 aliphatic rings. The van der Waals surface area contributed by atoms with Gasteiger partial charge in [-0.25, -0.2) is 8.42 Å². The number of hydrogen-bond donors (Lipinski definition) is 3. The number of ether oxygens (including phenoxy) is 1. The van der Waals surface area contributed by atoms with Crippen molar-refractivity contribution in [1.82, 2.24) is 4.90 Å². The van der Waals surface area contributed by atoms with E-state index in [0.29, 0.717) is 36.5 Å². The molecular weight excluding hydrogens is 452 g/mol. The van der Waals surface area contributed by atoms with Crippen LogP contribution in [0.25, 0.3) is 11.1 Å². The van der Waals surface area contributed by atoms with Crippen LogP contribution in [0.5, 0.6) is 5.75 Å². The summed E-state index contributed by atoms with van der Waals surface area (Å²) in [6.45, 7) is 3.14. The molecule has 0 bridgehead atoms. The Morgan fingerprint density at radius 2 is 1.68 bits per heavy atom. The number of nitrogens with one attached hydrogen (secondary N) is 2. The molecule has 3 rings (SSSR count). The van der Waals surface area contributed by atoms with Gasteiger partial charge in [0.05, 0.1) is 12.3 Å². The van der Waals surface area contributed by atoms with Gasteiger partial charge in [0, 0.05) is 38.4 Å². The second-order valence-electron chi connectivity index (χ2n) is 7.78. The molecule has 8 nitrogen and oxygen atoms in total. The minimum absolute atomic E-state index is 0.0107. The van der Waals surface area contributed by atoms with Crippen LogP contribution in [0.15, 0.2) is 71.6 Å². The maximum atomic E-state index is 13.4. The van der Waals surface area contributed by atoms with E-state index in [1.807, 2.05) is 12.1 Å². The lowest BCUT2D eigenvalue weighted by Gasteiger charge is -2.16. The third kappa shape index (κ3) is 6.06. The average Bonchev–Trinajstić information content (AvgIpc) is 2.82. The van der Waals surface area contributed by atoms with Crippen LogP contribution in [0.2, 0.25) is 0 Å². The lowest BCUT2D eigenvalue weighted by atomic mass is 10.0. The Morgan fingerprint density at radius 3 is 2.38 bits per heavy atom. The van der Waals surface area contributed by atoms with Gasteiger partial charge in [0.25, 0.3) is 15.9 Å². The van der Waals surface area contributed by atoms with E-state index in [0.717, 1.165) is 11.3 Å². The van der Waals surface area contributed by atoms with Crippen molar-refractivity contribution in [2.24, 2.45) is 5.73 Å². The third-order valence-corrected chi connectivity index (χ3v) is 6.37. The molecule has 0 fully saturated rings. The third-order valence-electron chi connectivity index (χ3n) is 4.97. The maximum absolute atomic E-state index is 13.4. The molecule has 0 saturated carbocycles. The van der Waals surface area contributed by atoms with E-state index < -0.39 is 10.0 Å². The fraction of sp³-hybridized carbons (Fsp3) is 0.240. The molecule has 0 radical (unpaired) electrons. The number of carbonyl (C=O) groups excluding carboxylic acids is 1. The number of amides is 1. The summed E-state index contributed by atoms with van der Waals surface area (Å²) in [5.41, 5.74) is 8.58. The fourth-order valence-electron chi connectivity index (χ4n) is 3.38. The largest absolute Gasteiger partial charge is 0.492 e. The van der Waals surface area contributed by atoms with Crippen LogP contribution in [-0.4, -0.2) is 53.0 Å². The summed E-state index contributed by atoms with van der Waals surface area (Å²) in [6, 6.07) is 19.0. The maximum Gasteiger partial charge on any atom is 0.265 e. The van der Waals surface area contributed by atoms with Crippen LogP contribution >= 0.6 is 0 Å². The van der Waals surface area contributed by atoms with Crippen molar-refractivity contribution >= 4 is 27.3 Å². The van der Waals surface area contributed by atoms with E-state index in [9.17, 15) is 13.2 Å². The molecule has 0 aliphatic carbocycles. The minimum Gasteiger partial charge on any atom is -0.492 e. The number of nitrogens with two attached hydrogens (primary N) is 1. The molecule has 0 aromatic heterocycles. The number of nitrogens with zero attached hydrogens (tertiary/aromatic N) is 1. The highest BCUT2D eigenvalue weighted by molar-refractivity contribution is 7.92. The topological polar surface area (TPSA) is 114 Å². The number of rotatable bonds is 10. The highest BCUT2D eigenvalue weighted by Crippen LogP contribution is 2.32. The van der Waals surface area contributed by atoms with Crippen molar-refractivity contribution in [2.75, 3.05) is 43.8 Å². The number of carbonyl (C=O) groups is 1. The second kappa shape index (κ2) is 11.0. The highest BCUT2D eigenvalue weighted by atomic mass is 32.2. The van der Waals surface area contributed by atoms with Crippen molar-refractivity contribution in [3.63, 3.8) is 0 Å². The fourth-order valence-corrected chi connectivity index (χ4v) is 4.60. The summed E-state index contributed by atoms with van der Waals surface area (Å²) in [6.07, 6.45) is 0. The Kier molecular flexibility index (Phi) is 8.14. The first-order chi connectivity index (χ1) is 16.2. The molecule has 4 N–H and O–H groups in total. The molecule has 3 aromatic carbocycles. The van der Waals surface area contributed by atoms with Gasteiger partial charge in [-0.05, 0) is 60.5 Å². The molecule has 0 spiro atoms. The molecule has 1 amide bonds. The summed E-state index contributed by atoms with van der Waals surface area (Å²) >= 11 is 0.